The standard InChI is InChI=1S/C23H21N3O/c1-15-10-11-18(17(3)13-15)23(27)25-20-9-5-4-8-19(20)21-14-26-12-6-7-16(2)22(26)24-21/h4-14H,1-3H3,(H,25,27). The maximum absolute atomic E-state index is 12.8. The molecule has 2 aromatic carbocycles. The van der Waals surface area contributed by atoms with Crippen molar-refractivity contribution in [3.63, 3.8) is 0 Å². The highest BCUT2D eigenvalue weighted by Crippen LogP contribution is 2.28. The Labute approximate surface area is 158 Å². The summed E-state index contributed by atoms with van der Waals surface area (Å²) < 4.78 is 2.01. The molecule has 27 heavy (non-hydrogen) atoms. The van der Waals surface area contributed by atoms with Gasteiger partial charge in [0.1, 0.15) is 5.65 Å². The lowest BCUT2D eigenvalue weighted by Gasteiger charge is -2.11. The van der Waals surface area contributed by atoms with Gasteiger partial charge in [0.15, 0.2) is 0 Å². The lowest BCUT2D eigenvalue weighted by molar-refractivity contribution is 0.102. The molecular weight excluding hydrogens is 334 g/mol. The number of carbonyl (C=O) groups excluding carboxylic acids is 1. The number of hydrogen-bond donors (Lipinski definition) is 1. The predicted octanol–water partition coefficient (Wildman–Crippen LogP) is 5.18. The minimum atomic E-state index is -0.111. The van der Waals surface area contributed by atoms with Crippen LogP contribution in [-0.4, -0.2) is 15.3 Å². The van der Waals surface area contributed by atoms with E-state index in [9.17, 15) is 4.79 Å². The molecule has 0 aliphatic carbocycles. The Kier molecular flexibility index (Phi) is 4.24. The Hall–Kier alpha value is -3.40. The SMILES string of the molecule is Cc1ccc(C(=O)Nc2ccccc2-c2cn3cccc(C)c3n2)c(C)c1. The van der Waals surface area contributed by atoms with Crippen LogP contribution in [0.3, 0.4) is 0 Å². The summed E-state index contributed by atoms with van der Waals surface area (Å²) in [4.78, 5) is 17.6. The molecule has 0 aliphatic heterocycles. The van der Waals surface area contributed by atoms with E-state index in [2.05, 4.69) is 5.32 Å². The largest absolute Gasteiger partial charge is 0.321 e. The first-order valence-electron chi connectivity index (χ1n) is 8.95. The smallest absolute Gasteiger partial charge is 0.255 e. The Morgan fingerprint density at radius 3 is 2.56 bits per heavy atom. The van der Waals surface area contributed by atoms with Gasteiger partial charge in [-0.1, -0.05) is 42.0 Å². The van der Waals surface area contributed by atoms with Gasteiger partial charge in [0, 0.05) is 23.5 Å². The normalized spacial score (nSPS) is 10.9. The highest BCUT2D eigenvalue weighted by molar-refractivity contribution is 6.07. The van der Waals surface area contributed by atoms with Crippen molar-refractivity contribution >= 4 is 17.2 Å². The number of aromatic nitrogens is 2. The van der Waals surface area contributed by atoms with E-state index in [-0.39, 0.29) is 5.91 Å². The van der Waals surface area contributed by atoms with E-state index in [0.717, 1.165) is 39.3 Å². The van der Waals surface area contributed by atoms with E-state index in [4.69, 9.17) is 4.98 Å². The lowest BCUT2D eigenvalue weighted by Crippen LogP contribution is -2.14. The van der Waals surface area contributed by atoms with Crippen LogP contribution in [0.5, 0.6) is 0 Å². The molecule has 0 aliphatic rings. The number of imidazole rings is 1. The van der Waals surface area contributed by atoms with E-state index >= 15 is 0 Å². The number of hydrogen-bond acceptors (Lipinski definition) is 2. The number of amides is 1. The first kappa shape index (κ1) is 17.0. The first-order valence-corrected chi connectivity index (χ1v) is 8.95. The summed E-state index contributed by atoms with van der Waals surface area (Å²) in [6, 6.07) is 17.7. The van der Waals surface area contributed by atoms with Crippen LogP contribution in [0, 0.1) is 20.8 Å². The van der Waals surface area contributed by atoms with Crippen LogP contribution in [0.2, 0.25) is 0 Å². The summed E-state index contributed by atoms with van der Waals surface area (Å²) in [7, 11) is 0. The Morgan fingerprint density at radius 1 is 0.963 bits per heavy atom. The molecular formula is C23H21N3O. The fourth-order valence-corrected chi connectivity index (χ4v) is 3.36. The highest BCUT2D eigenvalue weighted by atomic mass is 16.1. The molecule has 4 heteroatoms. The van der Waals surface area contributed by atoms with Crippen molar-refractivity contribution in [2.45, 2.75) is 20.8 Å². The van der Waals surface area contributed by atoms with E-state index in [1.807, 2.05) is 92.2 Å². The average molecular weight is 355 g/mol. The van der Waals surface area contributed by atoms with Gasteiger partial charge in [-0.15, -0.1) is 0 Å². The number of para-hydroxylation sites is 1. The minimum absolute atomic E-state index is 0.111. The average Bonchev–Trinajstić information content (AvgIpc) is 3.07. The van der Waals surface area contributed by atoms with Crippen molar-refractivity contribution in [1.29, 1.82) is 0 Å². The van der Waals surface area contributed by atoms with Crippen LogP contribution in [0.15, 0.2) is 67.0 Å². The Morgan fingerprint density at radius 2 is 1.78 bits per heavy atom. The summed E-state index contributed by atoms with van der Waals surface area (Å²) in [5, 5.41) is 3.06. The number of nitrogens with zero attached hydrogens (tertiary/aromatic N) is 2. The second-order valence-electron chi connectivity index (χ2n) is 6.87. The van der Waals surface area contributed by atoms with Crippen molar-refractivity contribution in [2.75, 3.05) is 5.32 Å². The van der Waals surface area contributed by atoms with Crippen LogP contribution in [0.25, 0.3) is 16.9 Å². The molecule has 1 N–H and O–H groups in total. The van der Waals surface area contributed by atoms with Crippen molar-refractivity contribution in [1.82, 2.24) is 9.38 Å². The van der Waals surface area contributed by atoms with Crippen LogP contribution in [0.1, 0.15) is 27.0 Å². The topological polar surface area (TPSA) is 46.4 Å². The number of fused-ring (bicyclic) bond motifs is 1. The van der Waals surface area contributed by atoms with Crippen LogP contribution in [-0.2, 0) is 0 Å². The summed E-state index contributed by atoms with van der Waals surface area (Å²) >= 11 is 0. The van der Waals surface area contributed by atoms with Crippen LogP contribution >= 0.6 is 0 Å². The van der Waals surface area contributed by atoms with Gasteiger partial charge in [-0.25, -0.2) is 4.98 Å². The van der Waals surface area contributed by atoms with Crippen LogP contribution in [0.4, 0.5) is 5.69 Å². The van der Waals surface area contributed by atoms with Gasteiger partial charge in [-0.3, -0.25) is 4.79 Å². The third kappa shape index (κ3) is 3.22. The fraction of sp³-hybridized carbons (Fsp3) is 0.130. The molecule has 4 nitrogen and oxygen atoms in total. The van der Waals surface area contributed by atoms with Crippen molar-refractivity contribution in [2.24, 2.45) is 0 Å². The van der Waals surface area contributed by atoms with Crippen molar-refractivity contribution in [3.8, 4) is 11.3 Å². The molecule has 0 atom stereocenters. The zero-order valence-corrected chi connectivity index (χ0v) is 15.7. The molecule has 134 valence electrons. The number of carbonyl (C=O) groups is 1. The number of rotatable bonds is 3. The van der Waals surface area contributed by atoms with E-state index in [1.54, 1.807) is 0 Å². The molecule has 2 aromatic heterocycles. The molecule has 0 saturated carbocycles. The highest BCUT2D eigenvalue weighted by Gasteiger charge is 2.14. The van der Waals surface area contributed by atoms with Gasteiger partial charge in [0.05, 0.1) is 11.4 Å². The van der Waals surface area contributed by atoms with Gasteiger partial charge in [0.2, 0.25) is 0 Å². The van der Waals surface area contributed by atoms with Crippen molar-refractivity contribution < 1.29 is 4.79 Å². The monoisotopic (exact) mass is 355 g/mol. The molecule has 2 heterocycles. The second kappa shape index (κ2) is 6.72. The molecule has 1 amide bonds. The number of pyridine rings is 1. The molecule has 4 aromatic rings. The zero-order valence-electron chi connectivity index (χ0n) is 15.7. The minimum Gasteiger partial charge on any atom is -0.321 e. The van der Waals surface area contributed by atoms with Gasteiger partial charge >= 0.3 is 0 Å². The van der Waals surface area contributed by atoms with Gasteiger partial charge < -0.3 is 9.72 Å². The number of aryl methyl sites for hydroxylation is 3. The molecule has 4 rings (SSSR count). The quantitative estimate of drug-likeness (QED) is 0.550. The van der Waals surface area contributed by atoms with Gasteiger partial charge in [0.25, 0.3) is 5.91 Å². The third-order valence-electron chi connectivity index (χ3n) is 4.76. The van der Waals surface area contributed by atoms with Crippen LogP contribution < -0.4 is 5.32 Å². The molecule has 0 spiro atoms. The summed E-state index contributed by atoms with van der Waals surface area (Å²) in [6.45, 7) is 6.02. The Bertz CT molecular complexity index is 1160. The fourth-order valence-electron chi connectivity index (χ4n) is 3.36. The zero-order chi connectivity index (χ0) is 19.0. The molecule has 0 saturated heterocycles. The molecule has 0 unspecified atom stereocenters. The molecule has 0 radical (unpaired) electrons. The second-order valence-corrected chi connectivity index (χ2v) is 6.87. The first-order chi connectivity index (χ1) is 13.0. The summed E-state index contributed by atoms with van der Waals surface area (Å²) in [6.07, 6.45) is 3.97. The maximum atomic E-state index is 12.8. The van der Waals surface area contributed by atoms with E-state index in [1.165, 1.54) is 0 Å². The number of benzene rings is 2. The Balaban J connectivity index is 1.72. The summed E-state index contributed by atoms with van der Waals surface area (Å²) in [5.41, 5.74) is 7.31. The van der Waals surface area contributed by atoms with Gasteiger partial charge in [-0.05, 0) is 50.1 Å². The number of anilines is 1. The third-order valence-corrected chi connectivity index (χ3v) is 4.76. The lowest BCUT2D eigenvalue weighted by atomic mass is 10.0. The van der Waals surface area contributed by atoms with Crippen molar-refractivity contribution in [3.05, 3.63) is 89.2 Å². The molecule has 0 fully saturated rings. The predicted molar refractivity (Wildman–Crippen MR) is 109 cm³/mol. The van der Waals surface area contributed by atoms with E-state index in [0.29, 0.717) is 5.56 Å². The maximum Gasteiger partial charge on any atom is 0.255 e. The van der Waals surface area contributed by atoms with Gasteiger partial charge in [-0.2, -0.15) is 0 Å². The molecule has 0 bridgehead atoms. The van der Waals surface area contributed by atoms with E-state index < -0.39 is 0 Å². The number of nitrogens with one attached hydrogen (secondary N) is 1. The summed E-state index contributed by atoms with van der Waals surface area (Å²) in [5.74, 6) is -0.111.